The zero-order valence-electron chi connectivity index (χ0n) is 11.1. The summed E-state index contributed by atoms with van der Waals surface area (Å²) in [5.74, 6) is 0.945. The van der Waals surface area contributed by atoms with Gasteiger partial charge in [-0.25, -0.2) is 0 Å². The largest absolute Gasteiger partial charge is 0.314 e. The van der Waals surface area contributed by atoms with Gasteiger partial charge < -0.3 is 5.32 Å². The zero-order valence-corrected chi connectivity index (χ0v) is 11.1. The van der Waals surface area contributed by atoms with Gasteiger partial charge >= 0.3 is 0 Å². The third-order valence-corrected chi connectivity index (χ3v) is 3.85. The molecule has 0 spiro atoms. The molecule has 15 heavy (non-hydrogen) atoms. The smallest absolute Gasteiger partial charge is 0.0101 e. The van der Waals surface area contributed by atoms with Crippen LogP contribution in [0.5, 0.6) is 0 Å². The minimum Gasteiger partial charge on any atom is -0.314 e. The monoisotopic (exact) mass is 211 g/mol. The Morgan fingerprint density at radius 1 is 1.20 bits per heavy atom. The molecule has 1 aliphatic rings. The van der Waals surface area contributed by atoms with E-state index in [0.717, 1.165) is 12.0 Å². The first kappa shape index (κ1) is 13.0. The van der Waals surface area contributed by atoms with Crippen LogP contribution in [0.3, 0.4) is 0 Å². The van der Waals surface area contributed by atoms with E-state index < -0.39 is 0 Å². The number of hydrogen-bond acceptors (Lipinski definition) is 1. The van der Waals surface area contributed by atoms with Gasteiger partial charge in [-0.1, -0.05) is 47.0 Å². The minimum absolute atomic E-state index is 0.623. The van der Waals surface area contributed by atoms with Crippen molar-refractivity contribution in [3.63, 3.8) is 0 Å². The first-order valence-electron chi connectivity index (χ1n) is 6.85. The minimum atomic E-state index is 0.623. The maximum absolute atomic E-state index is 3.75. The van der Waals surface area contributed by atoms with Crippen LogP contribution in [0.25, 0.3) is 0 Å². The molecule has 0 amide bonds. The lowest BCUT2D eigenvalue weighted by Crippen LogP contribution is -2.33. The Balaban J connectivity index is 2.27. The van der Waals surface area contributed by atoms with E-state index in [9.17, 15) is 0 Å². The van der Waals surface area contributed by atoms with Crippen LogP contribution in [0.15, 0.2) is 0 Å². The van der Waals surface area contributed by atoms with Gasteiger partial charge in [0.15, 0.2) is 0 Å². The molecule has 1 nitrogen and oxygen atoms in total. The molecule has 1 heteroatoms. The van der Waals surface area contributed by atoms with Gasteiger partial charge in [0.25, 0.3) is 0 Å². The molecule has 0 aromatic heterocycles. The van der Waals surface area contributed by atoms with E-state index in [1.807, 2.05) is 0 Å². The first-order chi connectivity index (χ1) is 7.11. The van der Waals surface area contributed by atoms with E-state index in [4.69, 9.17) is 0 Å². The summed E-state index contributed by atoms with van der Waals surface area (Å²) in [7, 11) is 0. The molecule has 1 fully saturated rings. The number of unbranched alkanes of at least 4 members (excludes halogenated alkanes) is 2. The second kappa shape index (κ2) is 5.89. The summed E-state index contributed by atoms with van der Waals surface area (Å²) in [5, 5.41) is 3.75. The van der Waals surface area contributed by atoms with Gasteiger partial charge in [0.1, 0.15) is 0 Å². The van der Waals surface area contributed by atoms with Crippen molar-refractivity contribution in [3.8, 4) is 0 Å². The Morgan fingerprint density at radius 2 is 1.87 bits per heavy atom. The highest BCUT2D eigenvalue weighted by molar-refractivity contribution is 5.01. The van der Waals surface area contributed by atoms with Crippen LogP contribution in [0.1, 0.15) is 66.2 Å². The fourth-order valence-electron chi connectivity index (χ4n) is 2.58. The van der Waals surface area contributed by atoms with Gasteiger partial charge in [0.2, 0.25) is 0 Å². The quantitative estimate of drug-likeness (QED) is 0.599. The fourth-order valence-corrected chi connectivity index (χ4v) is 2.58. The summed E-state index contributed by atoms with van der Waals surface area (Å²) in [6.07, 6.45) is 8.23. The molecule has 90 valence electrons. The molecule has 1 N–H and O–H groups in total. The first-order valence-corrected chi connectivity index (χ1v) is 6.85. The molecule has 0 radical (unpaired) electrons. The fraction of sp³-hybridized carbons (Fsp3) is 1.00. The number of hydrogen-bond donors (Lipinski definition) is 1. The highest BCUT2D eigenvalue weighted by Gasteiger charge is 2.49. The van der Waals surface area contributed by atoms with Crippen LogP contribution in [0.2, 0.25) is 0 Å². The Bertz CT molecular complexity index is 174. The zero-order chi connectivity index (χ0) is 11.3. The predicted octanol–water partition coefficient (Wildman–Crippen LogP) is 3.98. The lowest BCUT2D eigenvalue weighted by atomic mass is 9.98. The standard InChI is InChI=1S/C14H29N/c1-5-7-8-9-13(15-10-6-2)12-11-14(12,3)4/h12-13,15H,5-11H2,1-4H3. The Labute approximate surface area is 96.0 Å². The third kappa shape index (κ3) is 4.14. The van der Waals surface area contributed by atoms with Crippen molar-refractivity contribution in [2.75, 3.05) is 6.54 Å². The summed E-state index contributed by atoms with van der Waals surface area (Å²) in [6.45, 7) is 10.6. The van der Waals surface area contributed by atoms with Gasteiger partial charge in [0.05, 0.1) is 0 Å². The van der Waals surface area contributed by atoms with Gasteiger partial charge in [-0.05, 0) is 37.1 Å². The Kier molecular flexibility index (Phi) is 5.11. The molecule has 0 aromatic carbocycles. The highest BCUT2D eigenvalue weighted by Crippen LogP contribution is 2.54. The van der Waals surface area contributed by atoms with Gasteiger partial charge in [0, 0.05) is 6.04 Å². The van der Waals surface area contributed by atoms with Crippen molar-refractivity contribution in [2.45, 2.75) is 72.3 Å². The average Bonchev–Trinajstić information content (AvgIpc) is 2.81. The molecule has 0 saturated heterocycles. The van der Waals surface area contributed by atoms with Gasteiger partial charge in [-0.2, -0.15) is 0 Å². The van der Waals surface area contributed by atoms with Crippen molar-refractivity contribution in [1.82, 2.24) is 5.32 Å². The van der Waals surface area contributed by atoms with Crippen molar-refractivity contribution in [2.24, 2.45) is 11.3 Å². The van der Waals surface area contributed by atoms with Crippen molar-refractivity contribution < 1.29 is 0 Å². The molecule has 2 atom stereocenters. The normalized spacial score (nSPS) is 25.2. The van der Waals surface area contributed by atoms with Crippen LogP contribution in [0, 0.1) is 11.3 Å². The summed E-state index contributed by atoms with van der Waals surface area (Å²) in [4.78, 5) is 0. The molecule has 0 bridgehead atoms. The molecule has 1 saturated carbocycles. The predicted molar refractivity (Wildman–Crippen MR) is 68.1 cm³/mol. The van der Waals surface area contributed by atoms with E-state index in [-0.39, 0.29) is 0 Å². The van der Waals surface area contributed by atoms with E-state index in [2.05, 4.69) is 33.0 Å². The van der Waals surface area contributed by atoms with E-state index in [1.165, 1.54) is 45.1 Å². The van der Waals surface area contributed by atoms with E-state index in [0.29, 0.717) is 5.41 Å². The lowest BCUT2D eigenvalue weighted by molar-refractivity contribution is 0.374. The highest BCUT2D eigenvalue weighted by atomic mass is 14.9. The topological polar surface area (TPSA) is 12.0 Å². The van der Waals surface area contributed by atoms with E-state index >= 15 is 0 Å². The molecule has 2 unspecified atom stereocenters. The third-order valence-electron chi connectivity index (χ3n) is 3.85. The summed E-state index contributed by atoms with van der Waals surface area (Å²) in [5.41, 5.74) is 0.623. The van der Waals surface area contributed by atoms with Crippen LogP contribution in [-0.2, 0) is 0 Å². The number of nitrogens with one attached hydrogen (secondary N) is 1. The maximum Gasteiger partial charge on any atom is 0.0101 e. The molecule has 0 aromatic rings. The summed E-state index contributed by atoms with van der Waals surface area (Å²) < 4.78 is 0. The van der Waals surface area contributed by atoms with Gasteiger partial charge in [-0.15, -0.1) is 0 Å². The lowest BCUT2D eigenvalue weighted by Gasteiger charge is -2.20. The van der Waals surface area contributed by atoms with Crippen LogP contribution in [-0.4, -0.2) is 12.6 Å². The Hall–Kier alpha value is -0.0400. The molecule has 1 aliphatic carbocycles. The summed E-state index contributed by atoms with van der Waals surface area (Å²) in [6, 6.07) is 0.798. The summed E-state index contributed by atoms with van der Waals surface area (Å²) >= 11 is 0. The van der Waals surface area contributed by atoms with Crippen molar-refractivity contribution >= 4 is 0 Å². The second-order valence-electron chi connectivity index (χ2n) is 5.86. The van der Waals surface area contributed by atoms with Crippen molar-refractivity contribution in [3.05, 3.63) is 0 Å². The number of rotatable bonds is 8. The van der Waals surface area contributed by atoms with Crippen molar-refractivity contribution in [1.29, 1.82) is 0 Å². The maximum atomic E-state index is 3.75. The molecule has 1 rings (SSSR count). The SMILES string of the molecule is CCCCCC(NCCC)C1CC1(C)C. The average molecular weight is 211 g/mol. The van der Waals surface area contributed by atoms with E-state index in [1.54, 1.807) is 0 Å². The molecule has 0 aliphatic heterocycles. The van der Waals surface area contributed by atoms with Gasteiger partial charge in [-0.3, -0.25) is 0 Å². The Morgan fingerprint density at radius 3 is 2.33 bits per heavy atom. The molecular weight excluding hydrogens is 182 g/mol. The molecular formula is C14H29N. The van der Waals surface area contributed by atoms with Crippen LogP contribution >= 0.6 is 0 Å². The van der Waals surface area contributed by atoms with Crippen LogP contribution in [0.4, 0.5) is 0 Å². The van der Waals surface area contributed by atoms with Crippen LogP contribution < -0.4 is 5.32 Å². The second-order valence-corrected chi connectivity index (χ2v) is 5.86. The molecule has 0 heterocycles.